The molecule has 2 N–H and O–H groups in total. The van der Waals surface area contributed by atoms with Crippen molar-refractivity contribution in [3.05, 3.63) is 71.8 Å². The molecule has 2 unspecified atom stereocenters. The van der Waals surface area contributed by atoms with Gasteiger partial charge in [-0.1, -0.05) is 60.7 Å². The normalized spacial score (nSPS) is 19.1. The molecule has 140 valence electrons. The molecule has 0 bridgehead atoms. The lowest BCUT2D eigenvalue weighted by atomic mass is 10.0. The topological polar surface area (TPSA) is 84.5 Å². The summed E-state index contributed by atoms with van der Waals surface area (Å²) < 4.78 is 5.20. The highest BCUT2D eigenvalue weighted by molar-refractivity contribution is 5.97. The molecule has 1 saturated heterocycles. The zero-order valence-corrected chi connectivity index (χ0v) is 14.9. The zero-order chi connectivity index (χ0) is 19.1. The molecule has 0 radical (unpaired) electrons. The minimum absolute atomic E-state index is 0.0640. The highest BCUT2D eigenvalue weighted by atomic mass is 16.5. The third kappa shape index (κ3) is 5.41. The first-order valence-electron chi connectivity index (χ1n) is 8.96. The number of rotatable bonds is 7. The predicted molar refractivity (Wildman–Crippen MR) is 99.5 cm³/mol. The Morgan fingerprint density at radius 3 is 2.04 bits per heavy atom. The molecule has 1 aliphatic heterocycles. The van der Waals surface area contributed by atoms with E-state index in [1.165, 1.54) is 0 Å². The summed E-state index contributed by atoms with van der Waals surface area (Å²) in [5, 5.41) is 5.45. The summed E-state index contributed by atoms with van der Waals surface area (Å²) in [6.45, 7) is 0.196. The van der Waals surface area contributed by atoms with E-state index in [-0.39, 0.29) is 31.3 Å². The number of benzene rings is 2. The van der Waals surface area contributed by atoms with Crippen molar-refractivity contribution in [3.63, 3.8) is 0 Å². The van der Waals surface area contributed by atoms with Crippen molar-refractivity contribution < 1.29 is 19.1 Å². The van der Waals surface area contributed by atoms with Crippen molar-refractivity contribution in [2.45, 2.75) is 38.0 Å². The SMILES string of the molecule is O=C(CCC1NC(=O)C(Cc2ccccc2)NC1=O)OCc1ccccc1. The molecular weight excluding hydrogens is 344 g/mol. The van der Waals surface area contributed by atoms with E-state index in [9.17, 15) is 14.4 Å². The lowest BCUT2D eigenvalue weighted by Gasteiger charge is -2.29. The second kappa shape index (κ2) is 8.98. The molecule has 2 amide bonds. The fraction of sp³-hybridized carbons (Fsp3) is 0.286. The number of piperazine rings is 1. The van der Waals surface area contributed by atoms with Gasteiger partial charge >= 0.3 is 5.97 Å². The Kier molecular flexibility index (Phi) is 6.20. The molecule has 2 aromatic carbocycles. The number of ether oxygens (including phenoxy) is 1. The molecule has 3 rings (SSSR count). The van der Waals surface area contributed by atoms with E-state index < -0.39 is 18.1 Å². The second-order valence-corrected chi connectivity index (χ2v) is 6.50. The Labute approximate surface area is 157 Å². The van der Waals surface area contributed by atoms with Gasteiger partial charge in [0.05, 0.1) is 0 Å². The summed E-state index contributed by atoms with van der Waals surface area (Å²) in [5.41, 5.74) is 1.87. The number of carbonyl (C=O) groups excluding carboxylic acids is 3. The lowest BCUT2D eigenvalue weighted by Crippen LogP contribution is -2.62. The maximum atomic E-state index is 12.3. The van der Waals surface area contributed by atoms with Crippen LogP contribution in [-0.4, -0.2) is 29.9 Å². The van der Waals surface area contributed by atoms with E-state index in [1.807, 2.05) is 60.7 Å². The van der Waals surface area contributed by atoms with Gasteiger partial charge in [-0.25, -0.2) is 0 Å². The highest BCUT2D eigenvalue weighted by Gasteiger charge is 2.33. The van der Waals surface area contributed by atoms with Crippen LogP contribution in [0.2, 0.25) is 0 Å². The standard InChI is InChI=1S/C21H22N2O4/c24-19(27-14-16-9-5-2-6-10-16)12-11-17-20(25)23-18(21(26)22-17)13-15-7-3-1-4-8-15/h1-10,17-18H,11-14H2,(H,22,26)(H,23,25). The van der Waals surface area contributed by atoms with E-state index in [1.54, 1.807) is 0 Å². The minimum Gasteiger partial charge on any atom is -0.461 e. The average molecular weight is 366 g/mol. The summed E-state index contributed by atoms with van der Waals surface area (Å²) >= 11 is 0. The first kappa shape index (κ1) is 18.6. The van der Waals surface area contributed by atoms with Crippen molar-refractivity contribution in [2.24, 2.45) is 0 Å². The van der Waals surface area contributed by atoms with Gasteiger partial charge in [0.15, 0.2) is 0 Å². The van der Waals surface area contributed by atoms with Crippen LogP contribution in [0.15, 0.2) is 60.7 Å². The molecule has 27 heavy (non-hydrogen) atoms. The molecule has 1 aliphatic rings. The first-order valence-corrected chi connectivity index (χ1v) is 8.96. The summed E-state index contributed by atoms with van der Waals surface area (Å²) in [7, 11) is 0. The third-order valence-electron chi connectivity index (χ3n) is 4.43. The molecule has 0 aliphatic carbocycles. The van der Waals surface area contributed by atoms with E-state index in [4.69, 9.17) is 4.74 Å². The zero-order valence-electron chi connectivity index (χ0n) is 14.9. The van der Waals surface area contributed by atoms with Crippen LogP contribution in [-0.2, 0) is 32.1 Å². The van der Waals surface area contributed by atoms with Gasteiger partial charge in [-0.2, -0.15) is 0 Å². The number of hydrogen-bond acceptors (Lipinski definition) is 4. The maximum Gasteiger partial charge on any atom is 0.306 e. The third-order valence-corrected chi connectivity index (χ3v) is 4.43. The fourth-order valence-corrected chi connectivity index (χ4v) is 2.94. The molecule has 1 fully saturated rings. The van der Waals surface area contributed by atoms with Crippen molar-refractivity contribution >= 4 is 17.8 Å². The van der Waals surface area contributed by atoms with Crippen LogP contribution in [0.25, 0.3) is 0 Å². The Bertz CT molecular complexity index is 792. The molecule has 2 aromatic rings. The quantitative estimate of drug-likeness (QED) is 0.731. The Morgan fingerprint density at radius 2 is 1.37 bits per heavy atom. The molecule has 6 heteroatoms. The monoisotopic (exact) mass is 366 g/mol. The summed E-state index contributed by atoms with van der Waals surface area (Å²) in [4.78, 5) is 36.4. The highest BCUT2D eigenvalue weighted by Crippen LogP contribution is 2.10. The number of carbonyl (C=O) groups is 3. The van der Waals surface area contributed by atoms with Gasteiger partial charge in [-0.3, -0.25) is 14.4 Å². The van der Waals surface area contributed by atoms with Gasteiger partial charge in [-0.15, -0.1) is 0 Å². The predicted octanol–water partition coefficient (Wildman–Crippen LogP) is 1.74. The summed E-state index contributed by atoms with van der Waals surface area (Å²) in [6.07, 6.45) is 0.710. The smallest absolute Gasteiger partial charge is 0.306 e. The van der Waals surface area contributed by atoms with Crippen molar-refractivity contribution in [1.82, 2.24) is 10.6 Å². The number of nitrogens with one attached hydrogen (secondary N) is 2. The molecule has 0 saturated carbocycles. The van der Waals surface area contributed by atoms with E-state index in [0.717, 1.165) is 11.1 Å². The number of hydrogen-bond donors (Lipinski definition) is 2. The summed E-state index contributed by atoms with van der Waals surface area (Å²) in [5.74, 6) is -0.903. The Balaban J connectivity index is 1.44. The van der Waals surface area contributed by atoms with Crippen LogP contribution in [0.1, 0.15) is 24.0 Å². The molecular formula is C21H22N2O4. The van der Waals surface area contributed by atoms with Gasteiger partial charge in [0.2, 0.25) is 11.8 Å². The van der Waals surface area contributed by atoms with Gasteiger partial charge in [0.1, 0.15) is 18.7 Å². The number of amides is 2. The Morgan fingerprint density at radius 1 is 0.815 bits per heavy atom. The van der Waals surface area contributed by atoms with Crippen molar-refractivity contribution in [3.8, 4) is 0 Å². The fourth-order valence-electron chi connectivity index (χ4n) is 2.94. The lowest BCUT2D eigenvalue weighted by molar-refractivity contribution is -0.146. The number of esters is 1. The second-order valence-electron chi connectivity index (χ2n) is 6.50. The first-order chi connectivity index (χ1) is 13.1. The minimum atomic E-state index is -0.714. The van der Waals surface area contributed by atoms with E-state index >= 15 is 0 Å². The largest absolute Gasteiger partial charge is 0.461 e. The van der Waals surface area contributed by atoms with Gasteiger partial charge in [-0.05, 0) is 17.5 Å². The average Bonchev–Trinajstić information content (AvgIpc) is 2.69. The van der Waals surface area contributed by atoms with Crippen LogP contribution in [0.3, 0.4) is 0 Å². The van der Waals surface area contributed by atoms with E-state index in [0.29, 0.717) is 6.42 Å². The molecule has 2 atom stereocenters. The van der Waals surface area contributed by atoms with E-state index in [2.05, 4.69) is 10.6 Å². The molecule has 0 spiro atoms. The van der Waals surface area contributed by atoms with Crippen LogP contribution >= 0.6 is 0 Å². The molecule has 0 aromatic heterocycles. The van der Waals surface area contributed by atoms with Crippen LogP contribution in [0.5, 0.6) is 0 Å². The maximum absolute atomic E-state index is 12.3. The molecule has 6 nitrogen and oxygen atoms in total. The van der Waals surface area contributed by atoms with Crippen LogP contribution in [0.4, 0.5) is 0 Å². The van der Waals surface area contributed by atoms with Crippen LogP contribution in [0, 0.1) is 0 Å². The Hall–Kier alpha value is -3.15. The van der Waals surface area contributed by atoms with Crippen molar-refractivity contribution in [2.75, 3.05) is 0 Å². The van der Waals surface area contributed by atoms with Crippen LogP contribution < -0.4 is 10.6 Å². The van der Waals surface area contributed by atoms with Crippen molar-refractivity contribution in [1.29, 1.82) is 0 Å². The molecule has 1 heterocycles. The summed E-state index contributed by atoms with van der Waals surface area (Å²) in [6, 6.07) is 17.6. The van der Waals surface area contributed by atoms with Gasteiger partial charge in [0.25, 0.3) is 0 Å². The van der Waals surface area contributed by atoms with Gasteiger partial charge in [0, 0.05) is 12.8 Å². The van der Waals surface area contributed by atoms with Gasteiger partial charge < -0.3 is 15.4 Å².